The third-order valence-electron chi connectivity index (χ3n) is 5.66. The maximum Gasteiger partial charge on any atom is 0.126 e. The Kier molecular flexibility index (Phi) is 6.13. The van der Waals surface area contributed by atoms with E-state index >= 15 is 0 Å². The summed E-state index contributed by atoms with van der Waals surface area (Å²) in [5.74, 6) is 0.946. The van der Waals surface area contributed by atoms with Gasteiger partial charge in [-0.1, -0.05) is 54.6 Å². The Balaban J connectivity index is 1.32. The van der Waals surface area contributed by atoms with Gasteiger partial charge in [-0.25, -0.2) is 0 Å². The van der Waals surface area contributed by atoms with Crippen LogP contribution in [0.25, 0.3) is 16.8 Å². The fourth-order valence-electron chi connectivity index (χ4n) is 3.97. The van der Waals surface area contributed by atoms with Crippen molar-refractivity contribution in [2.45, 2.75) is 6.54 Å². The van der Waals surface area contributed by atoms with Crippen molar-refractivity contribution in [2.75, 3.05) is 45.6 Å². The maximum absolute atomic E-state index is 5.74. The number of rotatable bonds is 6. The highest BCUT2D eigenvalue weighted by Crippen LogP contribution is 2.29. The van der Waals surface area contributed by atoms with Crippen molar-refractivity contribution >= 4 is 22.5 Å². The molecule has 1 fully saturated rings. The average Bonchev–Trinajstić information content (AvgIpc) is 2.76. The molecule has 4 nitrogen and oxygen atoms in total. The van der Waals surface area contributed by atoms with Crippen LogP contribution in [0.4, 0.5) is 5.69 Å². The van der Waals surface area contributed by atoms with Crippen LogP contribution in [0.1, 0.15) is 11.1 Å². The first kappa shape index (κ1) is 19.5. The highest BCUT2D eigenvalue weighted by atomic mass is 16.5. The summed E-state index contributed by atoms with van der Waals surface area (Å²) < 4.78 is 5.53. The Hall–Kier alpha value is -2.82. The van der Waals surface area contributed by atoms with Crippen molar-refractivity contribution in [3.05, 3.63) is 77.9 Å². The number of nitrogens with zero attached hydrogens (tertiary/aromatic N) is 2. The predicted octanol–water partition coefficient (Wildman–Crippen LogP) is 4.26. The summed E-state index contributed by atoms with van der Waals surface area (Å²) in [5, 5.41) is 2.49. The molecule has 3 aromatic rings. The molecule has 0 spiro atoms. The second-order valence-corrected chi connectivity index (χ2v) is 7.62. The molecule has 0 radical (unpaired) electrons. The Labute approximate surface area is 173 Å². The summed E-state index contributed by atoms with van der Waals surface area (Å²) >= 11 is 0. The number of piperazine rings is 1. The minimum absolute atomic E-state index is 0.808. The monoisotopic (exact) mass is 387 g/mol. The molecule has 4 heteroatoms. The van der Waals surface area contributed by atoms with Crippen LogP contribution in [0.3, 0.4) is 0 Å². The lowest BCUT2D eigenvalue weighted by Crippen LogP contribution is -2.45. The van der Waals surface area contributed by atoms with Gasteiger partial charge in [0.1, 0.15) is 5.75 Å². The van der Waals surface area contributed by atoms with Crippen molar-refractivity contribution in [2.24, 2.45) is 0 Å². The number of ether oxygens (including phenoxy) is 1. The normalized spacial score (nSPS) is 15.9. The average molecular weight is 388 g/mol. The minimum Gasteiger partial charge on any atom is -0.496 e. The maximum atomic E-state index is 5.74. The molecule has 0 bridgehead atoms. The molecule has 1 aliphatic heterocycles. The van der Waals surface area contributed by atoms with Gasteiger partial charge in [0, 0.05) is 50.3 Å². The fraction of sp³-hybridized carbons (Fsp3) is 0.280. The highest BCUT2D eigenvalue weighted by Gasteiger charge is 2.17. The van der Waals surface area contributed by atoms with Crippen molar-refractivity contribution in [3.63, 3.8) is 0 Å². The van der Waals surface area contributed by atoms with E-state index in [-0.39, 0.29) is 0 Å². The van der Waals surface area contributed by atoms with E-state index in [0.717, 1.165) is 50.7 Å². The molecular weight excluding hydrogens is 358 g/mol. The lowest BCUT2D eigenvalue weighted by atomic mass is 10.0. The molecule has 1 heterocycles. The number of hydrogen-bond donors (Lipinski definition) is 1. The molecule has 0 amide bonds. The Morgan fingerprint density at radius 3 is 2.28 bits per heavy atom. The fourth-order valence-corrected chi connectivity index (χ4v) is 3.97. The first-order valence-electron chi connectivity index (χ1n) is 10.2. The van der Waals surface area contributed by atoms with Gasteiger partial charge in [-0.3, -0.25) is 9.80 Å². The summed E-state index contributed by atoms with van der Waals surface area (Å²) in [5.41, 5.74) is 9.12. The van der Waals surface area contributed by atoms with Crippen molar-refractivity contribution in [1.82, 2.24) is 9.80 Å². The topological polar surface area (TPSA) is 41.7 Å². The van der Waals surface area contributed by atoms with Gasteiger partial charge in [0.2, 0.25) is 0 Å². The quantitative estimate of drug-likeness (QED) is 0.642. The number of benzene rings is 3. The van der Waals surface area contributed by atoms with E-state index in [1.54, 1.807) is 7.11 Å². The van der Waals surface area contributed by atoms with E-state index in [1.165, 1.54) is 21.9 Å². The summed E-state index contributed by atoms with van der Waals surface area (Å²) in [6, 6.07) is 20.8. The first-order chi connectivity index (χ1) is 14.2. The van der Waals surface area contributed by atoms with Gasteiger partial charge in [-0.15, -0.1) is 0 Å². The minimum atomic E-state index is 0.808. The van der Waals surface area contributed by atoms with E-state index in [0.29, 0.717) is 0 Å². The molecule has 150 valence electrons. The van der Waals surface area contributed by atoms with E-state index < -0.39 is 0 Å². The van der Waals surface area contributed by atoms with Crippen LogP contribution in [0.5, 0.6) is 5.75 Å². The zero-order chi connectivity index (χ0) is 20.1. The smallest absolute Gasteiger partial charge is 0.126 e. The Morgan fingerprint density at radius 2 is 1.55 bits per heavy atom. The van der Waals surface area contributed by atoms with Crippen LogP contribution < -0.4 is 10.5 Å². The van der Waals surface area contributed by atoms with Gasteiger partial charge in [-0.05, 0) is 34.7 Å². The third kappa shape index (κ3) is 4.78. The number of hydrogen-bond acceptors (Lipinski definition) is 4. The third-order valence-corrected chi connectivity index (χ3v) is 5.66. The second-order valence-electron chi connectivity index (χ2n) is 7.62. The zero-order valence-corrected chi connectivity index (χ0v) is 17.1. The molecule has 0 unspecified atom stereocenters. The molecule has 2 N–H and O–H groups in total. The summed E-state index contributed by atoms with van der Waals surface area (Å²) in [4.78, 5) is 5.06. The van der Waals surface area contributed by atoms with Crippen LogP contribution in [-0.4, -0.2) is 49.6 Å². The van der Waals surface area contributed by atoms with Gasteiger partial charge >= 0.3 is 0 Å². The van der Waals surface area contributed by atoms with Crippen LogP contribution in [0.15, 0.2) is 66.7 Å². The second kappa shape index (κ2) is 9.12. The van der Waals surface area contributed by atoms with E-state index in [1.807, 2.05) is 12.1 Å². The largest absolute Gasteiger partial charge is 0.496 e. The van der Waals surface area contributed by atoms with Crippen LogP contribution in [0, 0.1) is 0 Å². The molecule has 3 aromatic carbocycles. The predicted molar refractivity (Wildman–Crippen MR) is 122 cm³/mol. The Morgan fingerprint density at radius 1 is 0.862 bits per heavy atom. The number of anilines is 1. The van der Waals surface area contributed by atoms with Crippen LogP contribution in [-0.2, 0) is 6.54 Å². The molecule has 0 saturated carbocycles. The molecule has 29 heavy (non-hydrogen) atoms. The van der Waals surface area contributed by atoms with E-state index in [9.17, 15) is 0 Å². The zero-order valence-electron chi connectivity index (χ0n) is 17.1. The standard InChI is InChI=1S/C25H29N3O/c1-29-25-13-10-21(23-6-2-3-7-24(23)25)19-28-17-15-27(16-18-28)14-4-5-20-8-11-22(26)12-9-20/h2-13H,14-19,26H2,1H3/b5-4+. The summed E-state index contributed by atoms with van der Waals surface area (Å²) in [6.45, 7) is 6.36. The summed E-state index contributed by atoms with van der Waals surface area (Å²) in [7, 11) is 1.74. The van der Waals surface area contributed by atoms with Crippen molar-refractivity contribution < 1.29 is 4.74 Å². The van der Waals surface area contributed by atoms with Gasteiger partial charge in [-0.2, -0.15) is 0 Å². The SMILES string of the molecule is COc1ccc(CN2CCN(C/C=C/c3ccc(N)cc3)CC2)c2ccccc12. The lowest BCUT2D eigenvalue weighted by Gasteiger charge is -2.34. The molecule has 0 aromatic heterocycles. The summed E-state index contributed by atoms with van der Waals surface area (Å²) in [6.07, 6.45) is 4.42. The molecule has 0 aliphatic carbocycles. The Bertz CT molecular complexity index is 973. The van der Waals surface area contributed by atoms with Gasteiger partial charge in [0.15, 0.2) is 0 Å². The molecular formula is C25H29N3O. The number of nitrogen functional groups attached to an aromatic ring is 1. The van der Waals surface area contributed by atoms with E-state index in [2.05, 4.69) is 70.5 Å². The highest BCUT2D eigenvalue weighted by molar-refractivity contribution is 5.91. The molecule has 0 atom stereocenters. The number of fused-ring (bicyclic) bond motifs is 1. The number of methoxy groups -OCH3 is 1. The molecule has 4 rings (SSSR count). The van der Waals surface area contributed by atoms with Crippen LogP contribution >= 0.6 is 0 Å². The van der Waals surface area contributed by atoms with E-state index in [4.69, 9.17) is 10.5 Å². The van der Waals surface area contributed by atoms with Gasteiger partial charge in [0.25, 0.3) is 0 Å². The molecule has 1 aliphatic rings. The van der Waals surface area contributed by atoms with Gasteiger partial charge < -0.3 is 10.5 Å². The number of nitrogens with two attached hydrogens (primary N) is 1. The molecule has 1 saturated heterocycles. The van der Waals surface area contributed by atoms with Gasteiger partial charge in [0.05, 0.1) is 7.11 Å². The lowest BCUT2D eigenvalue weighted by molar-refractivity contribution is 0.137. The first-order valence-corrected chi connectivity index (χ1v) is 10.2. The van der Waals surface area contributed by atoms with Crippen molar-refractivity contribution in [3.8, 4) is 5.75 Å². The van der Waals surface area contributed by atoms with Crippen LogP contribution in [0.2, 0.25) is 0 Å². The van der Waals surface area contributed by atoms with Crippen molar-refractivity contribution in [1.29, 1.82) is 0 Å².